The molecule has 4 heteroatoms. The maximum absolute atomic E-state index is 12.8. The van der Waals surface area contributed by atoms with Gasteiger partial charge in [0.2, 0.25) is 0 Å². The maximum atomic E-state index is 12.8. The number of rotatable bonds is 5. The van der Waals surface area contributed by atoms with Crippen molar-refractivity contribution in [3.8, 4) is 11.5 Å². The number of benzene rings is 2. The van der Waals surface area contributed by atoms with Crippen LogP contribution in [0.3, 0.4) is 0 Å². The van der Waals surface area contributed by atoms with Crippen molar-refractivity contribution < 1.29 is 13.9 Å². The van der Waals surface area contributed by atoms with Crippen LogP contribution in [0.15, 0.2) is 48.5 Å². The van der Waals surface area contributed by atoms with Gasteiger partial charge in [0, 0.05) is 13.1 Å². The Balaban J connectivity index is 1.54. The number of halogens is 1. The summed E-state index contributed by atoms with van der Waals surface area (Å²) >= 11 is 0. The van der Waals surface area contributed by atoms with Crippen LogP contribution in [0.1, 0.15) is 11.1 Å². The van der Waals surface area contributed by atoms with Crippen LogP contribution >= 0.6 is 0 Å². The Bertz CT molecular complexity index is 682. The van der Waals surface area contributed by atoms with E-state index in [1.807, 2.05) is 18.2 Å². The SMILES string of the molecule is CN(C/C=C/c1ccc(F)cc1)Cc1ccc2c(c1)OCCO2. The highest BCUT2D eigenvalue weighted by molar-refractivity contribution is 5.49. The average Bonchev–Trinajstić information content (AvgIpc) is 2.56. The molecule has 3 nitrogen and oxygen atoms in total. The van der Waals surface area contributed by atoms with Gasteiger partial charge < -0.3 is 9.47 Å². The zero-order chi connectivity index (χ0) is 16.1. The van der Waals surface area contributed by atoms with E-state index in [4.69, 9.17) is 9.47 Å². The monoisotopic (exact) mass is 313 g/mol. The Kier molecular flexibility index (Phi) is 4.93. The van der Waals surface area contributed by atoms with Crippen LogP contribution in [0.25, 0.3) is 6.08 Å². The molecule has 0 saturated heterocycles. The Hall–Kier alpha value is -2.33. The van der Waals surface area contributed by atoms with E-state index in [9.17, 15) is 4.39 Å². The lowest BCUT2D eigenvalue weighted by Crippen LogP contribution is -2.19. The molecular formula is C19H20FNO2. The molecule has 3 rings (SSSR count). The summed E-state index contributed by atoms with van der Waals surface area (Å²) in [5.74, 6) is 1.43. The Morgan fingerprint density at radius 3 is 2.57 bits per heavy atom. The van der Waals surface area contributed by atoms with Gasteiger partial charge in [-0.05, 0) is 42.4 Å². The third-order valence-corrected chi connectivity index (χ3v) is 3.66. The molecule has 0 spiro atoms. The highest BCUT2D eigenvalue weighted by atomic mass is 19.1. The number of hydrogen-bond acceptors (Lipinski definition) is 3. The molecule has 120 valence electrons. The van der Waals surface area contributed by atoms with Crippen LogP contribution in [0.2, 0.25) is 0 Å². The molecule has 0 bridgehead atoms. The van der Waals surface area contributed by atoms with Crippen LogP contribution < -0.4 is 9.47 Å². The predicted molar refractivity (Wildman–Crippen MR) is 89.2 cm³/mol. The van der Waals surface area contributed by atoms with Crippen molar-refractivity contribution in [2.24, 2.45) is 0 Å². The minimum absolute atomic E-state index is 0.210. The van der Waals surface area contributed by atoms with E-state index in [1.165, 1.54) is 17.7 Å². The van der Waals surface area contributed by atoms with Crippen LogP contribution in [-0.4, -0.2) is 31.7 Å². The molecule has 1 aliphatic heterocycles. The highest BCUT2D eigenvalue weighted by Gasteiger charge is 2.12. The molecule has 0 radical (unpaired) electrons. The summed E-state index contributed by atoms with van der Waals surface area (Å²) in [5.41, 5.74) is 2.19. The first kappa shape index (κ1) is 15.6. The third-order valence-electron chi connectivity index (χ3n) is 3.66. The standard InChI is InChI=1S/C19H20FNO2/c1-21(10-2-3-15-4-7-17(20)8-5-15)14-16-6-9-18-19(13-16)23-12-11-22-18/h2-9,13H,10-12,14H2,1H3/b3-2+. The number of fused-ring (bicyclic) bond motifs is 1. The number of nitrogens with zero attached hydrogens (tertiary/aromatic N) is 1. The second kappa shape index (κ2) is 7.29. The molecule has 0 aromatic heterocycles. The maximum Gasteiger partial charge on any atom is 0.161 e. The van der Waals surface area contributed by atoms with E-state index < -0.39 is 0 Å². The molecule has 0 N–H and O–H groups in total. The van der Waals surface area contributed by atoms with Gasteiger partial charge in [-0.3, -0.25) is 4.90 Å². The van der Waals surface area contributed by atoms with Crippen molar-refractivity contribution in [1.29, 1.82) is 0 Å². The number of likely N-dealkylation sites (N-methyl/N-ethyl adjacent to an activating group) is 1. The quantitative estimate of drug-likeness (QED) is 0.839. The highest BCUT2D eigenvalue weighted by Crippen LogP contribution is 2.30. The summed E-state index contributed by atoms with van der Waals surface area (Å²) < 4.78 is 24.0. The Labute approximate surface area is 136 Å². The lowest BCUT2D eigenvalue weighted by atomic mass is 10.1. The first-order valence-electron chi connectivity index (χ1n) is 7.70. The Morgan fingerprint density at radius 1 is 1.04 bits per heavy atom. The normalized spacial score (nSPS) is 13.7. The van der Waals surface area contributed by atoms with E-state index >= 15 is 0 Å². The Morgan fingerprint density at radius 2 is 1.78 bits per heavy atom. The van der Waals surface area contributed by atoms with E-state index in [0.717, 1.165) is 30.2 Å². The molecule has 2 aromatic rings. The molecule has 1 heterocycles. The molecule has 0 saturated carbocycles. The first-order chi connectivity index (χ1) is 11.2. The van der Waals surface area contributed by atoms with Crippen molar-refractivity contribution in [3.05, 3.63) is 65.5 Å². The van der Waals surface area contributed by atoms with Crippen molar-refractivity contribution in [1.82, 2.24) is 4.90 Å². The van der Waals surface area contributed by atoms with Gasteiger partial charge in [-0.1, -0.05) is 30.4 Å². The molecule has 1 aliphatic rings. The van der Waals surface area contributed by atoms with E-state index in [0.29, 0.717) is 13.2 Å². The smallest absolute Gasteiger partial charge is 0.161 e. The molecule has 0 atom stereocenters. The molecule has 0 unspecified atom stereocenters. The van der Waals surface area contributed by atoms with E-state index in [-0.39, 0.29) is 5.82 Å². The van der Waals surface area contributed by atoms with Gasteiger partial charge in [0.25, 0.3) is 0 Å². The first-order valence-corrected chi connectivity index (χ1v) is 7.70. The summed E-state index contributed by atoms with van der Waals surface area (Å²) in [6.45, 7) is 2.85. The lowest BCUT2D eigenvalue weighted by molar-refractivity contribution is 0.171. The zero-order valence-electron chi connectivity index (χ0n) is 13.2. The van der Waals surface area contributed by atoms with Gasteiger partial charge in [-0.25, -0.2) is 4.39 Å². The molecule has 0 fully saturated rings. The van der Waals surface area contributed by atoms with Crippen molar-refractivity contribution >= 4 is 6.08 Å². The average molecular weight is 313 g/mol. The third kappa shape index (κ3) is 4.33. The zero-order valence-corrected chi connectivity index (χ0v) is 13.2. The largest absolute Gasteiger partial charge is 0.486 e. The van der Waals surface area contributed by atoms with Gasteiger partial charge in [0.1, 0.15) is 19.0 Å². The van der Waals surface area contributed by atoms with E-state index in [2.05, 4.69) is 24.1 Å². The van der Waals surface area contributed by atoms with Gasteiger partial charge in [0.15, 0.2) is 11.5 Å². The van der Waals surface area contributed by atoms with Gasteiger partial charge in [-0.15, -0.1) is 0 Å². The van der Waals surface area contributed by atoms with Gasteiger partial charge in [0.05, 0.1) is 0 Å². The molecule has 2 aromatic carbocycles. The number of ether oxygens (including phenoxy) is 2. The summed E-state index contributed by atoms with van der Waals surface area (Å²) in [6.07, 6.45) is 4.07. The summed E-state index contributed by atoms with van der Waals surface area (Å²) in [5, 5.41) is 0. The molecule has 0 amide bonds. The fourth-order valence-corrected chi connectivity index (χ4v) is 2.50. The van der Waals surface area contributed by atoms with Crippen molar-refractivity contribution in [2.45, 2.75) is 6.54 Å². The lowest BCUT2D eigenvalue weighted by Gasteiger charge is -2.20. The van der Waals surface area contributed by atoms with Crippen LogP contribution in [0.4, 0.5) is 4.39 Å². The molecule has 0 aliphatic carbocycles. The van der Waals surface area contributed by atoms with E-state index in [1.54, 1.807) is 12.1 Å². The minimum Gasteiger partial charge on any atom is -0.486 e. The van der Waals surface area contributed by atoms with Crippen LogP contribution in [0, 0.1) is 5.82 Å². The second-order valence-electron chi connectivity index (χ2n) is 5.63. The van der Waals surface area contributed by atoms with Crippen LogP contribution in [0.5, 0.6) is 11.5 Å². The fourth-order valence-electron chi connectivity index (χ4n) is 2.50. The summed E-state index contributed by atoms with van der Waals surface area (Å²) in [4.78, 5) is 2.20. The second-order valence-corrected chi connectivity index (χ2v) is 5.63. The summed E-state index contributed by atoms with van der Waals surface area (Å²) in [7, 11) is 2.06. The molecular weight excluding hydrogens is 293 g/mol. The fraction of sp³-hybridized carbons (Fsp3) is 0.263. The minimum atomic E-state index is -0.210. The predicted octanol–water partition coefficient (Wildman–Crippen LogP) is 3.74. The van der Waals surface area contributed by atoms with Crippen LogP contribution in [-0.2, 0) is 6.54 Å². The van der Waals surface area contributed by atoms with Crippen molar-refractivity contribution in [2.75, 3.05) is 26.8 Å². The van der Waals surface area contributed by atoms with Gasteiger partial charge >= 0.3 is 0 Å². The van der Waals surface area contributed by atoms with Gasteiger partial charge in [-0.2, -0.15) is 0 Å². The topological polar surface area (TPSA) is 21.7 Å². The number of hydrogen-bond donors (Lipinski definition) is 0. The van der Waals surface area contributed by atoms with Crippen molar-refractivity contribution in [3.63, 3.8) is 0 Å². The molecule has 23 heavy (non-hydrogen) atoms. The summed E-state index contributed by atoms with van der Waals surface area (Å²) in [6, 6.07) is 12.5.